The average Bonchev–Trinajstić information content (AvgIpc) is 2.86. The van der Waals surface area contributed by atoms with Gasteiger partial charge in [0.1, 0.15) is 17.3 Å². The van der Waals surface area contributed by atoms with Crippen LogP contribution in [0.15, 0.2) is 6.33 Å². The van der Waals surface area contributed by atoms with Gasteiger partial charge < -0.3 is 10.4 Å². The average molecular weight is 298 g/mol. The molecule has 0 fully saturated rings. The third-order valence-corrected chi connectivity index (χ3v) is 3.61. The van der Waals surface area contributed by atoms with Crippen molar-refractivity contribution in [3.8, 4) is 0 Å². The van der Waals surface area contributed by atoms with Crippen LogP contribution in [0.1, 0.15) is 32.8 Å². The third-order valence-electron chi connectivity index (χ3n) is 3.30. The molecule has 0 saturated carbocycles. The van der Waals surface area contributed by atoms with Crippen LogP contribution in [0.5, 0.6) is 0 Å². The summed E-state index contributed by atoms with van der Waals surface area (Å²) in [5, 5.41) is 17.5. The summed E-state index contributed by atoms with van der Waals surface area (Å²) in [6.45, 7) is 6.22. The Hall–Kier alpha value is -1.40. The molecule has 0 amide bonds. The Bertz CT molecular complexity index is 583. The molecule has 1 atom stereocenters. The van der Waals surface area contributed by atoms with Gasteiger partial charge in [-0.05, 0) is 12.3 Å². The van der Waals surface area contributed by atoms with Gasteiger partial charge in [0.05, 0.1) is 12.6 Å². The highest BCUT2D eigenvalue weighted by Gasteiger charge is 2.19. The highest BCUT2D eigenvalue weighted by molar-refractivity contribution is 6.30. The van der Waals surface area contributed by atoms with E-state index in [4.69, 9.17) is 11.6 Å². The number of anilines is 1. The van der Waals surface area contributed by atoms with E-state index < -0.39 is 0 Å². The molecular weight excluding hydrogens is 278 g/mol. The Morgan fingerprint density at radius 1 is 1.45 bits per heavy atom. The van der Waals surface area contributed by atoms with Crippen LogP contribution in [0.2, 0.25) is 5.15 Å². The van der Waals surface area contributed by atoms with Crippen LogP contribution >= 0.6 is 11.6 Å². The van der Waals surface area contributed by atoms with Crippen LogP contribution in [0.4, 0.5) is 5.82 Å². The van der Waals surface area contributed by atoms with Crippen LogP contribution < -0.4 is 5.32 Å². The van der Waals surface area contributed by atoms with Crippen molar-refractivity contribution in [1.29, 1.82) is 0 Å². The summed E-state index contributed by atoms with van der Waals surface area (Å²) in [5.74, 6) is 1.50. The molecule has 0 aliphatic carbocycles. The largest absolute Gasteiger partial charge is 0.394 e. The van der Waals surface area contributed by atoms with E-state index in [1.807, 2.05) is 0 Å². The van der Waals surface area contributed by atoms with Crippen LogP contribution in [0.3, 0.4) is 0 Å². The summed E-state index contributed by atoms with van der Waals surface area (Å²) in [6.07, 6.45) is 3.19. The standard InChI is InChI=1S/C13H20ClN5O/c1-4-5-9-11(14)18-13-15-7-16-19(13)12(9)17-10(6-20)8(2)3/h7-8,10,17,20H,4-6H2,1-3H3/t10-/m0/s1. The Morgan fingerprint density at radius 3 is 2.80 bits per heavy atom. The van der Waals surface area contributed by atoms with E-state index in [0.29, 0.717) is 10.9 Å². The summed E-state index contributed by atoms with van der Waals surface area (Å²) < 4.78 is 1.64. The van der Waals surface area contributed by atoms with Gasteiger partial charge in [-0.1, -0.05) is 38.8 Å². The SMILES string of the molecule is CCCc1c(Cl)nc2ncnn2c1N[C@@H](CO)C(C)C. The maximum Gasteiger partial charge on any atom is 0.255 e. The van der Waals surface area contributed by atoms with Gasteiger partial charge in [0, 0.05) is 5.56 Å². The molecule has 6 nitrogen and oxygen atoms in total. The first kappa shape index (κ1) is 15.0. The maximum atomic E-state index is 9.51. The van der Waals surface area contributed by atoms with E-state index >= 15 is 0 Å². The van der Waals surface area contributed by atoms with Crippen molar-refractivity contribution < 1.29 is 5.11 Å². The fraction of sp³-hybridized carbons (Fsp3) is 0.615. The zero-order valence-corrected chi connectivity index (χ0v) is 12.7. The predicted molar refractivity (Wildman–Crippen MR) is 79.1 cm³/mol. The monoisotopic (exact) mass is 297 g/mol. The lowest BCUT2D eigenvalue weighted by molar-refractivity contribution is 0.248. The Balaban J connectivity index is 2.52. The number of aromatic nitrogens is 4. The molecule has 2 aromatic rings. The molecule has 0 aliphatic heterocycles. The summed E-state index contributed by atoms with van der Waals surface area (Å²) in [4.78, 5) is 8.32. The number of rotatable bonds is 6. The topological polar surface area (TPSA) is 75.3 Å². The molecule has 0 aromatic carbocycles. The first-order valence-corrected chi connectivity index (χ1v) is 7.21. The van der Waals surface area contributed by atoms with Gasteiger partial charge in [0.2, 0.25) is 0 Å². The van der Waals surface area contributed by atoms with Gasteiger partial charge in [0.15, 0.2) is 0 Å². The van der Waals surface area contributed by atoms with Gasteiger partial charge in [-0.15, -0.1) is 0 Å². The molecule has 2 rings (SSSR count). The highest BCUT2D eigenvalue weighted by Crippen LogP contribution is 2.26. The fourth-order valence-electron chi connectivity index (χ4n) is 2.07. The van der Waals surface area contributed by atoms with Crippen molar-refractivity contribution in [3.05, 3.63) is 17.0 Å². The smallest absolute Gasteiger partial charge is 0.255 e. The van der Waals surface area contributed by atoms with Crippen LogP contribution in [-0.2, 0) is 6.42 Å². The Kier molecular flexibility index (Phi) is 4.77. The number of hydrogen-bond acceptors (Lipinski definition) is 5. The third kappa shape index (κ3) is 2.86. The minimum absolute atomic E-state index is 0.0410. The van der Waals surface area contributed by atoms with Gasteiger partial charge >= 0.3 is 0 Å². The zero-order valence-electron chi connectivity index (χ0n) is 12.0. The number of aliphatic hydroxyl groups is 1. The lowest BCUT2D eigenvalue weighted by Gasteiger charge is -2.23. The maximum absolute atomic E-state index is 9.51. The first-order valence-electron chi connectivity index (χ1n) is 6.84. The number of halogens is 1. The zero-order chi connectivity index (χ0) is 14.7. The van der Waals surface area contributed by atoms with E-state index in [0.717, 1.165) is 24.2 Å². The fourth-order valence-corrected chi connectivity index (χ4v) is 2.33. The number of fused-ring (bicyclic) bond motifs is 1. The second kappa shape index (κ2) is 6.37. The first-order chi connectivity index (χ1) is 9.58. The van der Waals surface area contributed by atoms with Crippen LogP contribution in [0, 0.1) is 5.92 Å². The quantitative estimate of drug-likeness (QED) is 0.799. The van der Waals surface area contributed by atoms with E-state index in [2.05, 4.69) is 41.2 Å². The molecule has 2 N–H and O–H groups in total. The van der Waals surface area contributed by atoms with Crippen LogP contribution in [0.25, 0.3) is 5.78 Å². The number of aliphatic hydroxyl groups excluding tert-OH is 1. The molecule has 110 valence electrons. The number of hydrogen-bond donors (Lipinski definition) is 2. The van der Waals surface area contributed by atoms with Crippen LogP contribution in [-0.4, -0.2) is 37.3 Å². The van der Waals surface area contributed by atoms with Crippen molar-refractivity contribution in [3.63, 3.8) is 0 Å². The molecular formula is C13H20ClN5O. The minimum Gasteiger partial charge on any atom is -0.394 e. The number of nitrogens with one attached hydrogen (secondary N) is 1. The van der Waals surface area contributed by atoms with Crippen molar-refractivity contribution in [2.24, 2.45) is 5.92 Å². The molecule has 7 heteroatoms. The molecule has 20 heavy (non-hydrogen) atoms. The van der Waals surface area contributed by atoms with E-state index in [1.165, 1.54) is 6.33 Å². The second-order valence-corrected chi connectivity index (χ2v) is 5.49. The van der Waals surface area contributed by atoms with Crippen molar-refractivity contribution in [2.75, 3.05) is 11.9 Å². The van der Waals surface area contributed by atoms with E-state index in [1.54, 1.807) is 4.52 Å². The summed E-state index contributed by atoms with van der Waals surface area (Å²) >= 11 is 6.26. The van der Waals surface area contributed by atoms with Gasteiger partial charge in [-0.25, -0.2) is 0 Å². The Labute approximate surface area is 123 Å². The van der Waals surface area contributed by atoms with E-state index in [9.17, 15) is 5.11 Å². The number of nitrogens with zero attached hydrogens (tertiary/aromatic N) is 4. The van der Waals surface area contributed by atoms with Crippen molar-refractivity contribution in [1.82, 2.24) is 19.6 Å². The van der Waals surface area contributed by atoms with Gasteiger partial charge in [-0.3, -0.25) is 0 Å². The van der Waals surface area contributed by atoms with Gasteiger partial charge in [0.25, 0.3) is 5.78 Å². The lowest BCUT2D eigenvalue weighted by Crippen LogP contribution is -2.31. The predicted octanol–water partition coefficient (Wildman–Crippen LogP) is 2.16. The van der Waals surface area contributed by atoms with Gasteiger partial charge in [-0.2, -0.15) is 19.6 Å². The normalized spacial score (nSPS) is 13.1. The highest BCUT2D eigenvalue weighted by atomic mass is 35.5. The molecule has 0 bridgehead atoms. The minimum atomic E-state index is -0.0727. The molecule has 0 spiro atoms. The molecule has 2 aromatic heterocycles. The summed E-state index contributed by atoms with van der Waals surface area (Å²) in [5.41, 5.74) is 0.909. The molecule has 0 aliphatic rings. The molecule has 2 heterocycles. The van der Waals surface area contributed by atoms with Crippen molar-refractivity contribution >= 4 is 23.2 Å². The molecule has 0 radical (unpaired) electrons. The summed E-state index contributed by atoms with van der Waals surface area (Å²) in [7, 11) is 0. The molecule has 0 unspecified atom stereocenters. The lowest BCUT2D eigenvalue weighted by atomic mass is 10.0. The van der Waals surface area contributed by atoms with Crippen molar-refractivity contribution in [2.45, 2.75) is 39.7 Å². The second-order valence-electron chi connectivity index (χ2n) is 5.13. The Morgan fingerprint density at radius 2 is 2.20 bits per heavy atom. The van der Waals surface area contributed by atoms with E-state index in [-0.39, 0.29) is 18.6 Å². The summed E-state index contributed by atoms with van der Waals surface area (Å²) in [6, 6.07) is -0.0727. The molecule has 0 saturated heterocycles.